The number of amides is 1. The van der Waals surface area contributed by atoms with Crippen molar-refractivity contribution in [3.05, 3.63) is 35.4 Å². The van der Waals surface area contributed by atoms with Crippen molar-refractivity contribution in [2.75, 3.05) is 36.2 Å². The molecule has 6 nitrogen and oxygen atoms in total. The van der Waals surface area contributed by atoms with Crippen molar-refractivity contribution in [3.63, 3.8) is 0 Å². The van der Waals surface area contributed by atoms with Crippen LogP contribution in [-0.4, -0.2) is 67.4 Å². The summed E-state index contributed by atoms with van der Waals surface area (Å²) >= 11 is 3.79. The molecule has 0 bridgehead atoms. The fourth-order valence-corrected chi connectivity index (χ4v) is 8.08. The van der Waals surface area contributed by atoms with E-state index in [1.165, 1.54) is 5.56 Å². The molecule has 0 aromatic heterocycles. The van der Waals surface area contributed by atoms with E-state index >= 15 is 0 Å². The molecule has 1 atom stereocenters. The van der Waals surface area contributed by atoms with Crippen LogP contribution in [0.15, 0.2) is 24.3 Å². The van der Waals surface area contributed by atoms with Gasteiger partial charge in [0.05, 0.1) is 21.7 Å². The van der Waals surface area contributed by atoms with Crippen LogP contribution in [0.2, 0.25) is 0 Å². The highest BCUT2D eigenvalue weighted by Crippen LogP contribution is 2.45. The Balaban J connectivity index is 1.57. The zero-order chi connectivity index (χ0) is 21.0. The molecule has 2 heterocycles. The minimum absolute atomic E-state index is 0.0158. The fourth-order valence-electron chi connectivity index (χ4n) is 3.49. The lowest BCUT2D eigenvalue weighted by molar-refractivity contribution is -0.137. The number of thioether (sulfide) groups is 2. The van der Waals surface area contributed by atoms with Gasteiger partial charge in [0.2, 0.25) is 0 Å². The molecule has 9 heteroatoms. The zero-order valence-electron chi connectivity index (χ0n) is 16.7. The monoisotopic (exact) mass is 457 g/mol. The van der Waals surface area contributed by atoms with Crippen molar-refractivity contribution in [2.45, 2.75) is 30.9 Å². The normalized spacial score (nSPS) is 21.4. The van der Waals surface area contributed by atoms with Crippen LogP contribution in [0.3, 0.4) is 0 Å². The summed E-state index contributed by atoms with van der Waals surface area (Å²) < 4.78 is 29.3. The molecular formula is C20H27NO5S3. The number of ether oxygens (including phenoxy) is 1. The number of hydrogen-bond acceptors (Lipinski definition) is 7. The number of sulfone groups is 1. The van der Waals surface area contributed by atoms with E-state index in [0.717, 1.165) is 11.5 Å². The van der Waals surface area contributed by atoms with E-state index in [4.69, 9.17) is 4.74 Å². The molecule has 3 rings (SSSR count). The van der Waals surface area contributed by atoms with E-state index < -0.39 is 15.8 Å². The molecule has 2 saturated heterocycles. The van der Waals surface area contributed by atoms with Crippen molar-refractivity contribution < 1.29 is 22.7 Å². The Hall–Kier alpha value is -1.19. The number of carbonyl (C=O) groups is 2. The predicted molar refractivity (Wildman–Crippen MR) is 118 cm³/mol. The minimum atomic E-state index is -3.10. The first-order valence-corrected chi connectivity index (χ1v) is 13.7. The first-order chi connectivity index (χ1) is 13.7. The van der Waals surface area contributed by atoms with E-state index in [1.807, 2.05) is 49.5 Å². The van der Waals surface area contributed by atoms with Gasteiger partial charge in [0.1, 0.15) is 0 Å². The van der Waals surface area contributed by atoms with Crippen LogP contribution in [0.4, 0.5) is 0 Å². The van der Waals surface area contributed by atoms with E-state index in [2.05, 4.69) is 0 Å². The van der Waals surface area contributed by atoms with E-state index in [-0.39, 0.29) is 36.0 Å². The summed E-state index contributed by atoms with van der Waals surface area (Å²) in [5, 5.41) is 0. The van der Waals surface area contributed by atoms with Gasteiger partial charge in [-0.25, -0.2) is 13.2 Å². The summed E-state index contributed by atoms with van der Waals surface area (Å²) in [5.41, 5.74) is 1.59. The fraction of sp³-hybridized carbons (Fsp3) is 0.600. The smallest absolute Gasteiger partial charge is 0.338 e. The Morgan fingerprint density at radius 2 is 1.83 bits per heavy atom. The molecule has 1 aromatic rings. The molecule has 2 aliphatic heterocycles. The summed E-state index contributed by atoms with van der Waals surface area (Å²) in [7, 11) is -3.10. The van der Waals surface area contributed by atoms with Gasteiger partial charge in [-0.3, -0.25) is 4.79 Å². The molecule has 0 N–H and O–H groups in total. The molecule has 2 fully saturated rings. The highest BCUT2D eigenvalue weighted by Gasteiger charge is 2.35. The summed E-state index contributed by atoms with van der Waals surface area (Å²) in [6, 6.07) is 6.99. The van der Waals surface area contributed by atoms with Crippen molar-refractivity contribution in [2.24, 2.45) is 5.92 Å². The minimum Gasteiger partial charge on any atom is -0.452 e. The third kappa shape index (κ3) is 6.15. The lowest BCUT2D eigenvalue weighted by Crippen LogP contribution is -2.45. The van der Waals surface area contributed by atoms with E-state index in [9.17, 15) is 18.0 Å². The highest BCUT2D eigenvalue weighted by atomic mass is 32.2. The SMILES string of the molecule is CC(C)CN(C(=O)COC(=O)c1ccc(C2SCCS2)cc1)C1CCS(=O)(=O)C1. The third-order valence-electron chi connectivity index (χ3n) is 4.90. The Morgan fingerprint density at radius 3 is 2.38 bits per heavy atom. The number of nitrogens with zero attached hydrogens (tertiary/aromatic N) is 1. The van der Waals surface area contributed by atoms with Gasteiger partial charge in [-0.15, -0.1) is 23.5 Å². The van der Waals surface area contributed by atoms with Crippen molar-refractivity contribution >= 4 is 45.2 Å². The molecule has 160 valence electrons. The number of carbonyl (C=O) groups excluding carboxylic acids is 2. The van der Waals surface area contributed by atoms with Crippen LogP contribution in [0.1, 0.15) is 40.8 Å². The third-order valence-corrected chi connectivity index (χ3v) is 9.75. The molecule has 1 aromatic carbocycles. The van der Waals surface area contributed by atoms with Crippen molar-refractivity contribution in [1.82, 2.24) is 4.90 Å². The molecular weight excluding hydrogens is 430 g/mol. The molecule has 1 unspecified atom stereocenters. The largest absolute Gasteiger partial charge is 0.452 e. The number of benzene rings is 1. The second-order valence-corrected chi connectivity index (χ2v) is 12.7. The van der Waals surface area contributed by atoms with Crippen molar-refractivity contribution in [3.8, 4) is 0 Å². The van der Waals surface area contributed by atoms with Crippen molar-refractivity contribution in [1.29, 1.82) is 0 Å². The Bertz CT molecular complexity index is 832. The van der Waals surface area contributed by atoms with E-state index in [0.29, 0.717) is 23.1 Å². The Morgan fingerprint density at radius 1 is 1.17 bits per heavy atom. The van der Waals surface area contributed by atoms with Gasteiger partial charge in [-0.1, -0.05) is 26.0 Å². The van der Waals surface area contributed by atoms with Gasteiger partial charge in [0.15, 0.2) is 16.4 Å². The van der Waals surface area contributed by atoms with Gasteiger partial charge >= 0.3 is 5.97 Å². The molecule has 0 aliphatic carbocycles. The molecule has 0 spiro atoms. The Kier molecular flexibility index (Phi) is 7.56. The maximum absolute atomic E-state index is 12.7. The van der Waals surface area contributed by atoms with Crippen LogP contribution in [0.5, 0.6) is 0 Å². The first kappa shape index (κ1) is 22.5. The summed E-state index contributed by atoms with van der Waals surface area (Å²) in [6.45, 7) is 4.01. The van der Waals surface area contributed by atoms with E-state index in [1.54, 1.807) is 17.0 Å². The van der Waals surface area contributed by atoms with Gasteiger partial charge in [0, 0.05) is 24.1 Å². The average Bonchev–Trinajstić information content (AvgIpc) is 3.33. The van der Waals surface area contributed by atoms with Crippen LogP contribution in [0.25, 0.3) is 0 Å². The lowest BCUT2D eigenvalue weighted by Gasteiger charge is -2.29. The van der Waals surface area contributed by atoms with Crippen LogP contribution < -0.4 is 0 Å². The van der Waals surface area contributed by atoms with Gasteiger partial charge in [0.25, 0.3) is 5.91 Å². The Labute approximate surface area is 181 Å². The van der Waals surface area contributed by atoms with Crippen LogP contribution >= 0.6 is 23.5 Å². The van der Waals surface area contributed by atoms with Crippen LogP contribution in [-0.2, 0) is 19.4 Å². The standard InChI is InChI=1S/C20H27NO5S3/c1-14(2)11-21(17-7-10-29(24,25)13-17)18(22)12-26-19(23)15-3-5-16(6-4-15)20-27-8-9-28-20/h3-6,14,17,20H,7-13H2,1-2H3. The number of esters is 1. The molecule has 0 radical (unpaired) electrons. The molecule has 2 aliphatic rings. The second-order valence-electron chi connectivity index (χ2n) is 7.77. The number of rotatable bonds is 7. The van der Waals surface area contributed by atoms with Gasteiger partial charge < -0.3 is 9.64 Å². The highest BCUT2D eigenvalue weighted by molar-refractivity contribution is 8.19. The summed E-state index contributed by atoms with van der Waals surface area (Å²) in [4.78, 5) is 26.6. The molecule has 29 heavy (non-hydrogen) atoms. The molecule has 1 amide bonds. The second kappa shape index (κ2) is 9.75. The zero-order valence-corrected chi connectivity index (χ0v) is 19.2. The quantitative estimate of drug-likeness (QED) is 0.582. The average molecular weight is 458 g/mol. The maximum atomic E-state index is 12.7. The topological polar surface area (TPSA) is 80.8 Å². The van der Waals surface area contributed by atoms with Gasteiger partial charge in [-0.2, -0.15) is 0 Å². The first-order valence-electron chi connectivity index (χ1n) is 9.75. The van der Waals surface area contributed by atoms with Crippen LogP contribution in [0, 0.1) is 5.92 Å². The number of hydrogen-bond donors (Lipinski definition) is 0. The summed E-state index contributed by atoms with van der Waals surface area (Å²) in [5.74, 6) is 1.66. The summed E-state index contributed by atoms with van der Waals surface area (Å²) in [6.07, 6.45) is 0.438. The molecule has 0 saturated carbocycles. The maximum Gasteiger partial charge on any atom is 0.338 e. The predicted octanol–water partition coefficient (Wildman–Crippen LogP) is 2.99. The lowest BCUT2D eigenvalue weighted by atomic mass is 10.1. The van der Waals surface area contributed by atoms with Gasteiger partial charge in [-0.05, 0) is 30.0 Å².